The average Bonchev–Trinajstić information content (AvgIpc) is 3.20. The molecule has 0 saturated carbocycles. The number of primary amides is 1. The molecule has 24 heavy (non-hydrogen) atoms. The molecule has 0 aliphatic carbocycles. The van der Waals surface area contributed by atoms with Crippen LogP contribution in [0.25, 0.3) is 12.2 Å². The van der Waals surface area contributed by atoms with Crippen LogP contribution in [0, 0.1) is 6.92 Å². The van der Waals surface area contributed by atoms with Gasteiger partial charge in [0.15, 0.2) is 0 Å². The third kappa shape index (κ3) is 3.94. The number of furan rings is 1. The molecule has 3 N–H and O–H groups in total. The lowest BCUT2D eigenvalue weighted by Gasteiger charge is -2.10. The van der Waals surface area contributed by atoms with E-state index in [2.05, 4.69) is 15.2 Å². The van der Waals surface area contributed by atoms with E-state index in [0.29, 0.717) is 11.0 Å². The van der Waals surface area contributed by atoms with Gasteiger partial charge in [0, 0.05) is 0 Å². The van der Waals surface area contributed by atoms with Gasteiger partial charge in [-0.2, -0.15) is 0 Å². The van der Waals surface area contributed by atoms with E-state index in [0.717, 1.165) is 17.1 Å². The average molecular weight is 340 g/mol. The van der Waals surface area contributed by atoms with Gasteiger partial charge in [-0.1, -0.05) is 42.1 Å². The number of amides is 1. The molecule has 0 spiro atoms. The molecule has 6 nitrogen and oxygen atoms in total. The number of hydrogen-bond donors (Lipinski definition) is 2. The molecule has 1 amide bonds. The Hall–Kier alpha value is -2.80. The minimum atomic E-state index is -0.536. The summed E-state index contributed by atoms with van der Waals surface area (Å²) in [6.07, 6.45) is 3.56. The maximum atomic E-state index is 11.7. The highest BCUT2D eigenvalue weighted by atomic mass is 32.2. The number of nitrogens with two attached hydrogens (primary N) is 1. The second-order valence-corrected chi connectivity index (χ2v) is 6.17. The summed E-state index contributed by atoms with van der Waals surface area (Å²) in [7, 11) is 0. The molecule has 2 heterocycles. The largest absolute Gasteiger partial charge is 0.462 e. The van der Waals surface area contributed by atoms with Crippen molar-refractivity contribution in [1.29, 1.82) is 0 Å². The molecule has 1 atom stereocenters. The Kier molecular flexibility index (Phi) is 4.81. The van der Waals surface area contributed by atoms with Gasteiger partial charge in [-0.05, 0) is 36.8 Å². The summed E-state index contributed by atoms with van der Waals surface area (Å²) < 4.78 is 5.45. The highest BCUT2D eigenvalue weighted by Gasteiger charge is 2.21. The van der Waals surface area contributed by atoms with Gasteiger partial charge in [0.25, 0.3) is 0 Å². The third-order valence-electron chi connectivity index (χ3n) is 3.23. The Morgan fingerprint density at radius 1 is 1.25 bits per heavy atom. The van der Waals surface area contributed by atoms with E-state index in [4.69, 9.17) is 10.2 Å². The van der Waals surface area contributed by atoms with E-state index in [1.54, 1.807) is 12.2 Å². The number of aromatic amines is 1. The molecule has 0 bridgehead atoms. The number of aryl methyl sites for hydroxylation is 1. The quantitative estimate of drug-likeness (QED) is 0.672. The van der Waals surface area contributed by atoms with Gasteiger partial charge >= 0.3 is 0 Å². The SMILES string of the molecule is Cc1ccc(/C=C/c2nc(SC(C(N)=O)c3ccccc3)n[nH]2)o1. The number of carbonyl (C=O) groups is 1. The molecular weight excluding hydrogens is 324 g/mol. The fourth-order valence-electron chi connectivity index (χ4n) is 2.11. The molecule has 0 aliphatic rings. The van der Waals surface area contributed by atoms with E-state index >= 15 is 0 Å². The van der Waals surface area contributed by atoms with Gasteiger partial charge in [-0.25, -0.2) is 4.98 Å². The van der Waals surface area contributed by atoms with Crippen LogP contribution in [0.2, 0.25) is 0 Å². The Morgan fingerprint density at radius 3 is 2.71 bits per heavy atom. The molecule has 122 valence electrons. The van der Waals surface area contributed by atoms with Crippen molar-refractivity contribution in [2.24, 2.45) is 5.73 Å². The maximum Gasteiger partial charge on any atom is 0.235 e. The summed E-state index contributed by atoms with van der Waals surface area (Å²) in [4.78, 5) is 16.1. The van der Waals surface area contributed by atoms with Crippen molar-refractivity contribution in [3.8, 4) is 0 Å². The molecular formula is C17H16N4O2S. The number of H-pyrrole nitrogens is 1. The first-order chi connectivity index (χ1) is 11.6. The first-order valence-corrected chi connectivity index (χ1v) is 8.17. The Labute approximate surface area is 143 Å². The first kappa shape index (κ1) is 16.1. The second-order valence-electron chi connectivity index (χ2n) is 5.10. The highest BCUT2D eigenvalue weighted by molar-refractivity contribution is 8.00. The summed E-state index contributed by atoms with van der Waals surface area (Å²) in [6.45, 7) is 1.88. The van der Waals surface area contributed by atoms with Crippen LogP contribution < -0.4 is 5.73 Å². The maximum absolute atomic E-state index is 11.7. The highest BCUT2D eigenvalue weighted by Crippen LogP contribution is 2.32. The van der Waals surface area contributed by atoms with Gasteiger partial charge in [0.05, 0.1) is 0 Å². The lowest BCUT2D eigenvalue weighted by Crippen LogP contribution is -2.19. The molecule has 2 aromatic heterocycles. The molecule has 0 saturated heterocycles. The Morgan fingerprint density at radius 2 is 2.04 bits per heavy atom. The Balaban J connectivity index is 1.72. The summed E-state index contributed by atoms with van der Waals surface area (Å²) in [5.74, 6) is 1.72. The lowest BCUT2D eigenvalue weighted by atomic mass is 10.1. The van der Waals surface area contributed by atoms with Crippen LogP contribution in [0.4, 0.5) is 0 Å². The summed E-state index contributed by atoms with van der Waals surface area (Å²) in [5.41, 5.74) is 6.33. The van der Waals surface area contributed by atoms with Gasteiger partial charge in [-0.3, -0.25) is 9.89 Å². The van der Waals surface area contributed by atoms with Crippen molar-refractivity contribution in [2.75, 3.05) is 0 Å². The van der Waals surface area contributed by atoms with Crippen LogP contribution in [0.3, 0.4) is 0 Å². The van der Waals surface area contributed by atoms with Crippen LogP contribution >= 0.6 is 11.8 Å². The third-order valence-corrected chi connectivity index (χ3v) is 4.37. The van der Waals surface area contributed by atoms with Gasteiger partial charge < -0.3 is 10.2 Å². The topological polar surface area (TPSA) is 97.8 Å². The van der Waals surface area contributed by atoms with Crippen LogP contribution in [0.5, 0.6) is 0 Å². The number of benzene rings is 1. The van der Waals surface area contributed by atoms with E-state index < -0.39 is 11.2 Å². The van der Waals surface area contributed by atoms with E-state index in [1.807, 2.05) is 49.4 Å². The number of nitrogens with one attached hydrogen (secondary N) is 1. The number of thioether (sulfide) groups is 1. The predicted molar refractivity (Wildman–Crippen MR) is 93.0 cm³/mol. The number of rotatable bonds is 6. The number of nitrogens with zero attached hydrogens (tertiary/aromatic N) is 2. The summed E-state index contributed by atoms with van der Waals surface area (Å²) >= 11 is 1.21. The van der Waals surface area contributed by atoms with Crippen molar-refractivity contribution in [1.82, 2.24) is 15.2 Å². The molecule has 0 radical (unpaired) electrons. The molecule has 1 unspecified atom stereocenters. The normalized spacial score (nSPS) is 12.5. The minimum Gasteiger partial charge on any atom is -0.462 e. The van der Waals surface area contributed by atoms with Gasteiger partial charge in [0.2, 0.25) is 11.1 Å². The monoisotopic (exact) mass is 340 g/mol. The molecule has 3 aromatic rings. The minimum absolute atomic E-state index is 0.431. The Bertz CT molecular complexity index is 854. The molecule has 1 aromatic carbocycles. The zero-order valence-corrected chi connectivity index (χ0v) is 13.8. The predicted octanol–water partition coefficient (Wildman–Crippen LogP) is 3.20. The smallest absolute Gasteiger partial charge is 0.235 e. The standard InChI is InChI=1S/C17H16N4O2S/c1-11-7-8-13(23-11)9-10-14-19-17(21-20-14)24-15(16(18)22)12-5-3-2-4-6-12/h2-10,15H,1H3,(H2,18,22)(H,19,20,21)/b10-9+. The van der Waals surface area contributed by atoms with E-state index in [1.165, 1.54) is 11.8 Å². The summed E-state index contributed by atoms with van der Waals surface area (Å²) in [5, 5.41) is 6.86. The number of aromatic nitrogens is 3. The first-order valence-electron chi connectivity index (χ1n) is 7.29. The number of hydrogen-bond acceptors (Lipinski definition) is 5. The van der Waals surface area contributed by atoms with E-state index in [-0.39, 0.29) is 0 Å². The van der Waals surface area contributed by atoms with Gasteiger partial charge in [0.1, 0.15) is 22.6 Å². The van der Waals surface area contributed by atoms with Gasteiger partial charge in [-0.15, -0.1) is 5.10 Å². The van der Waals surface area contributed by atoms with Crippen LogP contribution in [0.15, 0.2) is 52.0 Å². The van der Waals surface area contributed by atoms with Crippen LogP contribution in [-0.2, 0) is 4.79 Å². The van der Waals surface area contributed by atoms with Crippen molar-refractivity contribution in [2.45, 2.75) is 17.3 Å². The van der Waals surface area contributed by atoms with E-state index in [9.17, 15) is 4.79 Å². The van der Waals surface area contributed by atoms with Crippen LogP contribution in [0.1, 0.15) is 28.2 Å². The molecule has 0 aliphatic heterocycles. The molecule has 7 heteroatoms. The second kappa shape index (κ2) is 7.18. The molecule has 3 rings (SSSR count). The fourth-order valence-corrected chi connectivity index (χ4v) is 2.98. The fraction of sp³-hybridized carbons (Fsp3) is 0.118. The van der Waals surface area contributed by atoms with Crippen molar-refractivity contribution in [3.05, 3.63) is 65.4 Å². The molecule has 0 fully saturated rings. The van der Waals surface area contributed by atoms with Crippen molar-refractivity contribution in [3.63, 3.8) is 0 Å². The summed E-state index contributed by atoms with van der Waals surface area (Å²) in [6, 6.07) is 13.1. The van der Waals surface area contributed by atoms with Crippen molar-refractivity contribution >= 4 is 29.8 Å². The van der Waals surface area contributed by atoms with Crippen LogP contribution in [-0.4, -0.2) is 21.1 Å². The zero-order valence-electron chi connectivity index (χ0n) is 13.0. The van der Waals surface area contributed by atoms with Crippen molar-refractivity contribution < 1.29 is 9.21 Å². The number of carbonyl (C=O) groups excluding carboxylic acids is 1. The lowest BCUT2D eigenvalue weighted by molar-refractivity contribution is -0.117. The zero-order chi connectivity index (χ0) is 16.9.